The van der Waals surface area contributed by atoms with Gasteiger partial charge in [-0.1, -0.05) is 68.9 Å². The number of nitrogens with zero attached hydrogens (tertiary/aromatic N) is 6. The van der Waals surface area contributed by atoms with Crippen LogP contribution in [0.2, 0.25) is 0 Å². The van der Waals surface area contributed by atoms with Crippen LogP contribution in [0.25, 0.3) is 0 Å². The maximum absolute atomic E-state index is 14.6. The van der Waals surface area contributed by atoms with E-state index in [0.29, 0.717) is 38.2 Å². The zero-order valence-corrected chi connectivity index (χ0v) is 30.2. The van der Waals surface area contributed by atoms with Crippen molar-refractivity contribution in [2.24, 2.45) is 38.4 Å². The number of carbonyl (C=O) groups excluding carboxylic acids is 2. The summed E-state index contributed by atoms with van der Waals surface area (Å²) in [6, 6.07) is 1.68. The summed E-state index contributed by atoms with van der Waals surface area (Å²) in [7, 11) is 0. The number of rotatable bonds is 8. The van der Waals surface area contributed by atoms with Crippen LogP contribution in [0.15, 0.2) is 12.4 Å². The fourth-order valence-corrected chi connectivity index (χ4v) is 10.8. The van der Waals surface area contributed by atoms with Gasteiger partial charge in [0.25, 0.3) is 12.5 Å². The predicted molar refractivity (Wildman–Crippen MR) is 177 cm³/mol. The minimum absolute atomic E-state index is 0.105. The number of carbonyl (C=O) groups is 2. The Morgan fingerprint density at radius 1 is 0.617 bits per heavy atom. The maximum Gasteiger partial charge on any atom is 0.333 e. The number of ether oxygens (including phenoxy) is 2. The van der Waals surface area contributed by atoms with Gasteiger partial charge in [0.1, 0.15) is 18.0 Å². The number of amides is 4. The molecule has 47 heavy (non-hydrogen) atoms. The third kappa shape index (κ3) is 8.35. The third-order valence-electron chi connectivity index (χ3n) is 11.0. The van der Waals surface area contributed by atoms with Gasteiger partial charge in [-0.25, -0.2) is 14.5 Å². The third-order valence-corrected chi connectivity index (χ3v) is 11.0. The average Bonchev–Trinajstić information content (AvgIpc) is 2.88. The summed E-state index contributed by atoms with van der Waals surface area (Å²) in [5, 5.41) is 28.6. The molecule has 0 aromatic carbocycles. The van der Waals surface area contributed by atoms with Crippen molar-refractivity contribution in [3.05, 3.63) is 12.4 Å². The molecule has 0 aromatic rings. The van der Waals surface area contributed by atoms with Gasteiger partial charge in [-0.15, -0.1) is 0 Å². The van der Waals surface area contributed by atoms with Crippen molar-refractivity contribution in [1.29, 1.82) is 15.8 Å². The molecule has 4 rings (SSSR count). The van der Waals surface area contributed by atoms with Crippen molar-refractivity contribution in [2.45, 2.75) is 132 Å². The average molecular weight is 649 g/mol. The molecule has 10 nitrogen and oxygen atoms in total. The number of hydrogen-bond donors (Lipinski definition) is 0. The van der Waals surface area contributed by atoms with E-state index in [2.05, 4.69) is 75.0 Å². The van der Waals surface area contributed by atoms with E-state index in [1.54, 1.807) is 9.80 Å². The molecule has 10 heteroatoms. The van der Waals surface area contributed by atoms with Crippen LogP contribution in [0.3, 0.4) is 0 Å². The molecular formula is C37H56N6O4. The molecule has 1 aliphatic heterocycles. The first-order valence-electron chi connectivity index (χ1n) is 17.1. The van der Waals surface area contributed by atoms with E-state index in [1.807, 2.05) is 12.5 Å². The van der Waals surface area contributed by atoms with Gasteiger partial charge in [-0.05, 0) is 90.3 Å². The predicted octanol–water partition coefficient (Wildman–Crippen LogP) is 8.14. The van der Waals surface area contributed by atoms with Crippen LogP contribution < -0.4 is 0 Å². The topological polar surface area (TPSA) is 134 Å². The molecule has 0 N–H and O–H groups in total. The molecule has 0 aromatic heterocycles. The highest BCUT2D eigenvalue weighted by Crippen LogP contribution is 2.52. The lowest BCUT2D eigenvalue weighted by Crippen LogP contribution is -2.64. The fourth-order valence-electron chi connectivity index (χ4n) is 10.8. The molecule has 4 amide bonds. The molecule has 3 saturated carbocycles. The van der Waals surface area contributed by atoms with Crippen LogP contribution in [0.1, 0.15) is 120 Å². The molecule has 4 fully saturated rings. The van der Waals surface area contributed by atoms with E-state index < -0.39 is 28.3 Å². The monoisotopic (exact) mass is 648 g/mol. The van der Waals surface area contributed by atoms with Gasteiger partial charge in [-0.3, -0.25) is 9.80 Å². The van der Waals surface area contributed by atoms with Crippen LogP contribution in [-0.2, 0) is 9.47 Å². The normalized spacial score (nSPS) is 36.6. The highest BCUT2D eigenvalue weighted by molar-refractivity contribution is 5.98. The standard InChI is InChI=1S/C37H56N6O4/c1-26-41(21-36(9)15-28(46-24-39)13-33(4,5)19-36)30(44)43(23-35(8)12-27(17-38)11-32(2,3)18-35)31(45)42(26)22-37(10)16-29(47-25-40)14-34(6,7)20-37/h27-29H,1,11-16,18-23H2,2-10H3/t27?,28-,29?,35?,36?,37?/m1/s1. The van der Waals surface area contributed by atoms with E-state index in [9.17, 15) is 25.4 Å². The summed E-state index contributed by atoms with van der Waals surface area (Å²) in [4.78, 5) is 33.9. The Morgan fingerprint density at radius 2 is 0.979 bits per heavy atom. The smallest absolute Gasteiger partial charge is 0.333 e. The summed E-state index contributed by atoms with van der Waals surface area (Å²) < 4.78 is 11.0. The molecule has 1 heterocycles. The van der Waals surface area contributed by atoms with Crippen molar-refractivity contribution < 1.29 is 19.1 Å². The lowest BCUT2D eigenvalue weighted by molar-refractivity contribution is -0.0364. The minimum Gasteiger partial charge on any atom is -0.424 e. The Balaban J connectivity index is 1.72. The number of urea groups is 2. The minimum atomic E-state index is -0.436. The number of hydrogen-bond acceptors (Lipinski definition) is 7. The first-order valence-corrected chi connectivity index (χ1v) is 17.1. The largest absolute Gasteiger partial charge is 0.424 e. The summed E-state index contributed by atoms with van der Waals surface area (Å²) in [6.45, 7) is 24.6. The lowest BCUT2D eigenvalue weighted by atomic mass is 9.61. The molecule has 4 aliphatic rings. The van der Waals surface area contributed by atoms with E-state index in [1.165, 1.54) is 4.90 Å². The molecule has 0 spiro atoms. The summed E-state index contributed by atoms with van der Waals surface area (Å²) in [5.74, 6) is 0.201. The molecule has 258 valence electrons. The van der Waals surface area contributed by atoms with Crippen molar-refractivity contribution in [2.75, 3.05) is 19.6 Å². The number of nitriles is 3. The van der Waals surface area contributed by atoms with Crippen molar-refractivity contribution in [3.63, 3.8) is 0 Å². The zero-order chi connectivity index (χ0) is 35.2. The van der Waals surface area contributed by atoms with Crippen LogP contribution in [-0.4, -0.2) is 58.6 Å². The Labute approximate surface area is 282 Å². The summed E-state index contributed by atoms with van der Waals surface area (Å²) >= 11 is 0. The lowest BCUT2D eigenvalue weighted by Gasteiger charge is -2.53. The first-order chi connectivity index (χ1) is 21.6. The maximum atomic E-state index is 14.6. The van der Waals surface area contributed by atoms with E-state index in [4.69, 9.17) is 9.47 Å². The SMILES string of the molecule is C=C1N(CC2(C)CC(OC#N)CC(C)(C)C2)C(=O)N(CC2(C)CC(C#N)CC(C)(C)C2)C(=O)N1CC1(C)C[C@H](OC#N)CC(C)(C)C1. The van der Waals surface area contributed by atoms with Crippen molar-refractivity contribution in [1.82, 2.24) is 14.7 Å². The van der Waals surface area contributed by atoms with Gasteiger partial charge in [0.15, 0.2) is 0 Å². The van der Waals surface area contributed by atoms with E-state index >= 15 is 0 Å². The molecule has 6 atom stereocenters. The Morgan fingerprint density at radius 3 is 1.36 bits per heavy atom. The molecule has 0 radical (unpaired) electrons. The van der Waals surface area contributed by atoms with Crippen molar-refractivity contribution >= 4 is 12.1 Å². The van der Waals surface area contributed by atoms with Crippen LogP contribution in [0.4, 0.5) is 9.59 Å². The van der Waals surface area contributed by atoms with Gasteiger partial charge in [0, 0.05) is 25.6 Å². The Kier molecular flexibility index (Phi) is 9.71. The molecule has 0 bridgehead atoms. The number of imide groups is 1. The Bertz CT molecular complexity index is 1310. The van der Waals surface area contributed by atoms with Crippen molar-refractivity contribution in [3.8, 4) is 18.6 Å². The molecule has 1 saturated heterocycles. The quantitative estimate of drug-likeness (QED) is 0.243. The van der Waals surface area contributed by atoms with Crippen LogP contribution >= 0.6 is 0 Å². The van der Waals surface area contributed by atoms with Crippen LogP contribution in [0.5, 0.6) is 0 Å². The first kappa shape index (κ1) is 36.4. The fraction of sp³-hybridized carbons (Fsp3) is 0.811. The van der Waals surface area contributed by atoms with Gasteiger partial charge in [0.2, 0.25) is 0 Å². The molecular weight excluding hydrogens is 592 g/mol. The van der Waals surface area contributed by atoms with Gasteiger partial charge in [-0.2, -0.15) is 15.8 Å². The van der Waals surface area contributed by atoms with Crippen LogP contribution in [0, 0.1) is 72.8 Å². The van der Waals surface area contributed by atoms with Gasteiger partial charge >= 0.3 is 12.1 Å². The molecule has 3 aliphatic carbocycles. The van der Waals surface area contributed by atoms with Gasteiger partial charge < -0.3 is 9.47 Å². The Hall–Kier alpha value is -3.45. The second-order valence-electron chi connectivity index (χ2n) is 18.9. The van der Waals surface area contributed by atoms with E-state index in [-0.39, 0.29) is 40.9 Å². The summed E-state index contributed by atoms with van der Waals surface area (Å²) in [5.41, 5.74) is -1.57. The zero-order valence-electron chi connectivity index (χ0n) is 30.2. The highest BCUT2D eigenvalue weighted by Gasteiger charge is 2.52. The molecule has 5 unspecified atom stereocenters. The second-order valence-corrected chi connectivity index (χ2v) is 18.9. The summed E-state index contributed by atoms with van der Waals surface area (Å²) in [6.07, 6.45) is 9.73. The second kappa shape index (κ2) is 12.5. The highest BCUT2D eigenvalue weighted by atomic mass is 16.5. The van der Waals surface area contributed by atoms with E-state index in [0.717, 1.165) is 38.5 Å². The van der Waals surface area contributed by atoms with Gasteiger partial charge in [0.05, 0.1) is 6.07 Å².